The van der Waals surface area contributed by atoms with Crippen molar-refractivity contribution < 1.29 is 9.53 Å². The van der Waals surface area contributed by atoms with Crippen molar-refractivity contribution in [2.24, 2.45) is 0 Å². The van der Waals surface area contributed by atoms with Crippen LogP contribution in [0, 0.1) is 0 Å². The Hall–Kier alpha value is -2.09. The molecule has 1 unspecified atom stereocenters. The van der Waals surface area contributed by atoms with Gasteiger partial charge in [-0.05, 0) is 25.5 Å². The van der Waals surface area contributed by atoms with Gasteiger partial charge in [0.1, 0.15) is 6.10 Å². The van der Waals surface area contributed by atoms with Crippen LogP contribution < -0.4 is 0 Å². The fraction of sp³-hybridized carbons (Fsp3) is 0.235. The normalized spacial score (nSPS) is 11.7. The van der Waals surface area contributed by atoms with Crippen molar-refractivity contribution in [3.63, 3.8) is 0 Å². The van der Waals surface area contributed by atoms with Gasteiger partial charge in [-0.1, -0.05) is 54.6 Å². The highest BCUT2D eigenvalue weighted by Crippen LogP contribution is 2.18. The zero-order valence-electron chi connectivity index (χ0n) is 11.9. The highest BCUT2D eigenvalue weighted by Gasteiger charge is 2.09. The molecule has 0 N–H and O–H groups in total. The molecular formula is C17H22O2. The van der Waals surface area contributed by atoms with Crippen LogP contribution in [0.4, 0.5) is 0 Å². The van der Waals surface area contributed by atoms with E-state index in [-0.39, 0.29) is 12.1 Å². The third-order valence-electron chi connectivity index (χ3n) is 2.01. The van der Waals surface area contributed by atoms with Crippen LogP contribution in [0.1, 0.15) is 32.4 Å². The van der Waals surface area contributed by atoms with E-state index in [9.17, 15) is 4.79 Å². The third kappa shape index (κ3) is 8.61. The second kappa shape index (κ2) is 11.0. The van der Waals surface area contributed by atoms with Crippen molar-refractivity contribution in [3.05, 3.63) is 72.9 Å². The minimum atomic E-state index is -0.310. The van der Waals surface area contributed by atoms with Gasteiger partial charge in [-0.15, -0.1) is 6.58 Å². The van der Waals surface area contributed by atoms with Crippen LogP contribution in [0.15, 0.2) is 67.3 Å². The number of ether oxygens (including phenoxy) is 1. The molecule has 102 valence electrons. The number of carbonyl (C=O) groups is 1. The van der Waals surface area contributed by atoms with E-state index in [4.69, 9.17) is 4.74 Å². The average Bonchev–Trinajstić information content (AvgIpc) is 2.39. The van der Waals surface area contributed by atoms with Crippen molar-refractivity contribution in [2.45, 2.75) is 26.9 Å². The number of rotatable bonds is 4. The van der Waals surface area contributed by atoms with Gasteiger partial charge in [0.25, 0.3) is 0 Å². The molecule has 0 aliphatic heterocycles. The topological polar surface area (TPSA) is 26.3 Å². The van der Waals surface area contributed by atoms with E-state index in [1.165, 1.54) is 6.92 Å². The largest absolute Gasteiger partial charge is 0.453 e. The molecule has 0 bridgehead atoms. The van der Waals surface area contributed by atoms with E-state index in [0.29, 0.717) is 0 Å². The molecule has 0 radical (unpaired) electrons. The number of carbonyl (C=O) groups excluding carboxylic acids is 1. The second-order valence-corrected chi connectivity index (χ2v) is 3.76. The molecular weight excluding hydrogens is 236 g/mol. The first-order valence-electron chi connectivity index (χ1n) is 6.24. The van der Waals surface area contributed by atoms with Crippen LogP contribution in [0.5, 0.6) is 0 Å². The lowest BCUT2D eigenvalue weighted by atomic mass is 10.1. The highest BCUT2D eigenvalue weighted by atomic mass is 16.5. The third-order valence-corrected chi connectivity index (χ3v) is 2.01. The minimum absolute atomic E-state index is 0.279. The lowest BCUT2D eigenvalue weighted by Gasteiger charge is -2.12. The standard InChI is InChI=1S/C14H16O2.C3H6/c1-3-4-6-11-14(16-12(2)15)13-9-7-5-8-10-13;1-3-2/h3-11,14H,1-2H3;3H,1H2,2H3/b4-3+,11-6+;. The molecule has 0 saturated heterocycles. The Balaban J connectivity index is 0.000000982. The summed E-state index contributed by atoms with van der Waals surface area (Å²) in [6.07, 6.45) is 9.00. The van der Waals surface area contributed by atoms with Crippen LogP contribution in [0.2, 0.25) is 0 Å². The van der Waals surface area contributed by atoms with E-state index in [1.54, 1.807) is 6.08 Å². The molecule has 1 aromatic rings. The Morgan fingerprint density at radius 1 is 1.21 bits per heavy atom. The maximum absolute atomic E-state index is 11.0. The fourth-order valence-electron chi connectivity index (χ4n) is 1.32. The van der Waals surface area contributed by atoms with Crippen molar-refractivity contribution in [1.82, 2.24) is 0 Å². The first-order chi connectivity index (χ1) is 9.15. The maximum Gasteiger partial charge on any atom is 0.303 e. The van der Waals surface area contributed by atoms with Crippen molar-refractivity contribution >= 4 is 5.97 Å². The summed E-state index contributed by atoms with van der Waals surface area (Å²) in [5.41, 5.74) is 0.971. The molecule has 19 heavy (non-hydrogen) atoms. The van der Waals surface area contributed by atoms with Gasteiger partial charge >= 0.3 is 5.97 Å². The molecule has 0 saturated carbocycles. The van der Waals surface area contributed by atoms with Gasteiger partial charge in [-0.3, -0.25) is 4.79 Å². The molecule has 2 heteroatoms. The van der Waals surface area contributed by atoms with Gasteiger partial charge in [0.2, 0.25) is 0 Å². The Labute approximate surface area is 116 Å². The Morgan fingerprint density at radius 2 is 1.79 bits per heavy atom. The number of esters is 1. The molecule has 1 rings (SSSR count). The summed E-state index contributed by atoms with van der Waals surface area (Å²) in [5.74, 6) is -0.279. The number of hydrogen-bond acceptors (Lipinski definition) is 2. The first kappa shape index (κ1) is 16.9. The number of allylic oxidation sites excluding steroid dienone is 4. The van der Waals surface area contributed by atoms with Crippen LogP contribution in [0.3, 0.4) is 0 Å². The monoisotopic (exact) mass is 258 g/mol. The lowest BCUT2D eigenvalue weighted by molar-refractivity contribution is -0.144. The summed E-state index contributed by atoms with van der Waals surface area (Å²) in [4.78, 5) is 11.0. The molecule has 2 nitrogen and oxygen atoms in total. The van der Waals surface area contributed by atoms with Crippen LogP contribution in [-0.4, -0.2) is 5.97 Å². The summed E-state index contributed by atoms with van der Waals surface area (Å²) in [5, 5.41) is 0. The predicted octanol–water partition coefficient (Wildman–Crippen LogP) is 4.62. The summed E-state index contributed by atoms with van der Waals surface area (Å²) < 4.78 is 5.22. The molecule has 0 aromatic heterocycles. The Morgan fingerprint density at radius 3 is 2.26 bits per heavy atom. The molecule has 1 aromatic carbocycles. The Kier molecular flexibility index (Phi) is 9.81. The van der Waals surface area contributed by atoms with Crippen LogP contribution in [-0.2, 0) is 9.53 Å². The highest BCUT2D eigenvalue weighted by molar-refractivity contribution is 5.66. The maximum atomic E-state index is 11.0. The minimum Gasteiger partial charge on any atom is -0.453 e. The Bertz CT molecular complexity index is 416. The van der Waals surface area contributed by atoms with Crippen LogP contribution in [0.25, 0.3) is 0 Å². The van der Waals surface area contributed by atoms with Crippen LogP contribution >= 0.6 is 0 Å². The molecule has 0 fully saturated rings. The predicted molar refractivity (Wildman–Crippen MR) is 80.8 cm³/mol. The van der Waals surface area contributed by atoms with Crippen molar-refractivity contribution in [2.75, 3.05) is 0 Å². The average molecular weight is 258 g/mol. The number of hydrogen-bond donors (Lipinski definition) is 0. The van der Waals surface area contributed by atoms with Gasteiger partial charge in [-0.2, -0.15) is 0 Å². The summed E-state index contributed by atoms with van der Waals surface area (Å²) in [6.45, 7) is 8.60. The summed E-state index contributed by atoms with van der Waals surface area (Å²) >= 11 is 0. The summed E-state index contributed by atoms with van der Waals surface area (Å²) in [7, 11) is 0. The fourth-order valence-corrected chi connectivity index (χ4v) is 1.32. The van der Waals surface area contributed by atoms with E-state index < -0.39 is 0 Å². The summed E-state index contributed by atoms with van der Waals surface area (Å²) in [6, 6.07) is 9.66. The quantitative estimate of drug-likeness (QED) is 0.447. The second-order valence-electron chi connectivity index (χ2n) is 3.76. The first-order valence-corrected chi connectivity index (χ1v) is 6.24. The van der Waals surface area contributed by atoms with Gasteiger partial charge in [0, 0.05) is 6.92 Å². The van der Waals surface area contributed by atoms with E-state index >= 15 is 0 Å². The van der Waals surface area contributed by atoms with Crippen molar-refractivity contribution in [3.8, 4) is 0 Å². The molecule has 0 aliphatic carbocycles. The zero-order valence-corrected chi connectivity index (χ0v) is 11.9. The smallest absolute Gasteiger partial charge is 0.303 e. The van der Waals surface area contributed by atoms with E-state index in [2.05, 4.69) is 6.58 Å². The van der Waals surface area contributed by atoms with E-state index in [1.807, 2.05) is 68.5 Å². The SMILES string of the molecule is C/C=C/C=C/C(OC(C)=O)c1ccccc1.C=CC. The van der Waals surface area contributed by atoms with Gasteiger partial charge in [0.05, 0.1) is 0 Å². The number of benzene rings is 1. The van der Waals surface area contributed by atoms with Gasteiger partial charge in [0.15, 0.2) is 0 Å². The van der Waals surface area contributed by atoms with Gasteiger partial charge < -0.3 is 4.74 Å². The molecule has 1 atom stereocenters. The van der Waals surface area contributed by atoms with Gasteiger partial charge in [-0.25, -0.2) is 0 Å². The molecule has 0 heterocycles. The molecule has 0 aliphatic rings. The van der Waals surface area contributed by atoms with E-state index in [0.717, 1.165) is 5.56 Å². The lowest BCUT2D eigenvalue weighted by Crippen LogP contribution is -2.05. The zero-order chi connectivity index (χ0) is 14.5. The van der Waals surface area contributed by atoms with Crippen molar-refractivity contribution in [1.29, 1.82) is 0 Å². The molecule has 0 amide bonds. The molecule has 0 spiro atoms.